The molecule has 1 aromatic rings. The molecule has 1 heterocycles. The molecule has 6 heteroatoms. The van der Waals surface area contributed by atoms with Crippen LogP contribution >= 0.6 is 11.8 Å². The third kappa shape index (κ3) is 2.21. The number of amides is 2. The topological polar surface area (TPSA) is 69.6 Å². The number of benzene rings is 1. The smallest absolute Gasteiger partial charge is 0.418 e. The molecule has 1 atom stereocenters. The lowest BCUT2D eigenvalue weighted by Crippen LogP contribution is -2.43. The van der Waals surface area contributed by atoms with Crippen molar-refractivity contribution in [1.29, 1.82) is 0 Å². The van der Waals surface area contributed by atoms with E-state index in [1.54, 1.807) is 13.0 Å². The van der Waals surface area contributed by atoms with Crippen molar-refractivity contribution in [3.63, 3.8) is 0 Å². The molecule has 1 aliphatic heterocycles. The SMILES string of the molecule is CNCc1ccc2c(c1)N(C(=O)O)C(=O)C(C)S2. The molecule has 1 unspecified atom stereocenters. The van der Waals surface area contributed by atoms with E-state index in [4.69, 9.17) is 0 Å². The molecule has 0 aromatic heterocycles. The molecule has 18 heavy (non-hydrogen) atoms. The van der Waals surface area contributed by atoms with Crippen LogP contribution in [0.4, 0.5) is 10.5 Å². The molecule has 0 saturated carbocycles. The zero-order valence-electron chi connectivity index (χ0n) is 10.1. The molecule has 96 valence electrons. The molecule has 0 aliphatic carbocycles. The first kappa shape index (κ1) is 12.9. The molecule has 1 aliphatic rings. The number of carbonyl (C=O) groups excluding carboxylic acids is 1. The largest absolute Gasteiger partial charge is 0.464 e. The van der Waals surface area contributed by atoms with Crippen LogP contribution in [0.3, 0.4) is 0 Å². The number of hydrogen-bond donors (Lipinski definition) is 2. The Labute approximate surface area is 109 Å². The summed E-state index contributed by atoms with van der Waals surface area (Å²) in [6, 6.07) is 5.55. The van der Waals surface area contributed by atoms with Crippen molar-refractivity contribution < 1.29 is 14.7 Å². The number of nitrogens with one attached hydrogen (secondary N) is 1. The van der Waals surface area contributed by atoms with Crippen molar-refractivity contribution in [3.8, 4) is 0 Å². The van der Waals surface area contributed by atoms with E-state index in [0.717, 1.165) is 15.4 Å². The second-order valence-corrected chi connectivity index (χ2v) is 5.43. The van der Waals surface area contributed by atoms with Gasteiger partial charge in [-0.1, -0.05) is 6.07 Å². The first-order chi connectivity index (χ1) is 8.54. The van der Waals surface area contributed by atoms with Crippen LogP contribution in [-0.4, -0.2) is 29.4 Å². The standard InChI is InChI=1S/C12H14N2O3S/c1-7-11(15)14(12(16)17)9-5-8(6-13-2)3-4-10(9)18-7/h3-5,7,13H,6H2,1-2H3,(H,16,17). The van der Waals surface area contributed by atoms with E-state index in [-0.39, 0.29) is 11.2 Å². The van der Waals surface area contributed by atoms with E-state index < -0.39 is 6.09 Å². The van der Waals surface area contributed by atoms with Crippen LogP contribution in [0.5, 0.6) is 0 Å². The number of nitrogens with zero attached hydrogens (tertiary/aromatic N) is 1. The third-order valence-corrected chi connectivity index (χ3v) is 3.86. The highest BCUT2D eigenvalue weighted by Crippen LogP contribution is 2.39. The van der Waals surface area contributed by atoms with E-state index >= 15 is 0 Å². The zero-order chi connectivity index (χ0) is 13.3. The van der Waals surface area contributed by atoms with Crippen LogP contribution < -0.4 is 10.2 Å². The number of rotatable bonds is 2. The minimum Gasteiger partial charge on any atom is -0.464 e. The summed E-state index contributed by atoms with van der Waals surface area (Å²) in [5.41, 5.74) is 1.41. The molecule has 1 aromatic carbocycles. The van der Waals surface area contributed by atoms with Crippen LogP contribution in [0.25, 0.3) is 0 Å². The van der Waals surface area contributed by atoms with Crippen molar-refractivity contribution >= 4 is 29.4 Å². The van der Waals surface area contributed by atoms with Gasteiger partial charge < -0.3 is 10.4 Å². The normalized spacial score (nSPS) is 18.7. The van der Waals surface area contributed by atoms with E-state index in [9.17, 15) is 14.7 Å². The van der Waals surface area contributed by atoms with Gasteiger partial charge in [0.2, 0.25) is 5.91 Å². The predicted octanol–water partition coefficient (Wildman–Crippen LogP) is 1.91. The van der Waals surface area contributed by atoms with Crippen molar-refractivity contribution in [2.75, 3.05) is 11.9 Å². The van der Waals surface area contributed by atoms with E-state index in [1.165, 1.54) is 11.8 Å². The van der Waals surface area contributed by atoms with Gasteiger partial charge in [0.1, 0.15) is 0 Å². The molecule has 2 rings (SSSR count). The molecule has 2 N–H and O–H groups in total. The number of carboxylic acid groups (broad SMARTS) is 1. The minimum absolute atomic E-state index is 0.372. The van der Waals surface area contributed by atoms with Crippen LogP contribution in [-0.2, 0) is 11.3 Å². The lowest BCUT2D eigenvalue weighted by molar-refractivity contribution is -0.117. The monoisotopic (exact) mass is 266 g/mol. The fourth-order valence-corrected chi connectivity index (χ4v) is 2.89. The molecule has 0 radical (unpaired) electrons. The van der Waals surface area contributed by atoms with Crippen LogP contribution in [0.1, 0.15) is 12.5 Å². The molecule has 5 nitrogen and oxygen atoms in total. The van der Waals surface area contributed by atoms with Gasteiger partial charge in [0, 0.05) is 11.4 Å². The molecule has 0 saturated heterocycles. The fourth-order valence-electron chi connectivity index (χ4n) is 1.89. The lowest BCUT2D eigenvalue weighted by atomic mass is 10.1. The van der Waals surface area contributed by atoms with Gasteiger partial charge in [0.15, 0.2) is 0 Å². The highest BCUT2D eigenvalue weighted by Gasteiger charge is 2.34. The maximum atomic E-state index is 11.9. The molecule has 0 bridgehead atoms. The van der Waals surface area contributed by atoms with Crippen molar-refractivity contribution in [3.05, 3.63) is 23.8 Å². The fraction of sp³-hybridized carbons (Fsp3) is 0.333. The average molecular weight is 266 g/mol. The van der Waals surface area contributed by atoms with Gasteiger partial charge in [0.05, 0.1) is 10.9 Å². The van der Waals surface area contributed by atoms with Gasteiger partial charge in [-0.3, -0.25) is 4.79 Å². The summed E-state index contributed by atoms with van der Waals surface area (Å²) in [6.07, 6.45) is -1.23. The van der Waals surface area contributed by atoms with Crippen LogP contribution in [0, 0.1) is 0 Å². The Morgan fingerprint density at radius 3 is 2.89 bits per heavy atom. The minimum atomic E-state index is -1.23. The Morgan fingerprint density at radius 1 is 1.56 bits per heavy atom. The zero-order valence-corrected chi connectivity index (χ0v) is 11.0. The predicted molar refractivity (Wildman–Crippen MR) is 70.0 cm³/mol. The number of hydrogen-bond acceptors (Lipinski definition) is 4. The summed E-state index contributed by atoms with van der Waals surface area (Å²) in [7, 11) is 1.82. The third-order valence-electron chi connectivity index (χ3n) is 2.71. The molecular formula is C12H14N2O3S. The second kappa shape index (κ2) is 4.99. The van der Waals surface area contributed by atoms with Crippen LogP contribution in [0.2, 0.25) is 0 Å². The molecule has 0 spiro atoms. The average Bonchev–Trinajstić information content (AvgIpc) is 2.31. The Kier molecular flexibility index (Phi) is 3.58. The highest BCUT2D eigenvalue weighted by molar-refractivity contribution is 8.01. The van der Waals surface area contributed by atoms with Crippen LogP contribution in [0.15, 0.2) is 23.1 Å². The Morgan fingerprint density at radius 2 is 2.28 bits per heavy atom. The Hall–Kier alpha value is -1.53. The summed E-state index contributed by atoms with van der Waals surface area (Å²) in [6.45, 7) is 2.35. The van der Waals surface area contributed by atoms with Gasteiger partial charge in [-0.15, -0.1) is 11.8 Å². The number of anilines is 1. The van der Waals surface area contributed by atoms with Crippen molar-refractivity contribution in [1.82, 2.24) is 5.32 Å². The quantitative estimate of drug-likeness (QED) is 0.855. The number of thioether (sulfide) groups is 1. The maximum absolute atomic E-state index is 11.9. The summed E-state index contributed by atoms with van der Waals surface area (Å²) in [4.78, 5) is 24.8. The summed E-state index contributed by atoms with van der Waals surface area (Å²) in [5.74, 6) is -0.387. The summed E-state index contributed by atoms with van der Waals surface area (Å²) >= 11 is 1.39. The Balaban J connectivity index is 2.48. The van der Waals surface area contributed by atoms with Gasteiger partial charge >= 0.3 is 6.09 Å². The highest BCUT2D eigenvalue weighted by atomic mass is 32.2. The Bertz CT molecular complexity index is 504. The summed E-state index contributed by atoms with van der Waals surface area (Å²) in [5, 5.41) is 11.8. The van der Waals surface area contributed by atoms with Gasteiger partial charge in [0.25, 0.3) is 0 Å². The number of fused-ring (bicyclic) bond motifs is 1. The first-order valence-corrected chi connectivity index (χ1v) is 6.43. The molecular weight excluding hydrogens is 252 g/mol. The maximum Gasteiger partial charge on any atom is 0.418 e. The van der Waals surface area contributed by atoms with Gasteiger partial charge in [-0.25, -0.2) is 9.69 Å². The van der Waals surface area contributed by atoms with E-state index in [1.807, 2.05) is 19.2 Å². The molecule has 0 fully saturated rings. The first-order valence-electron chi connectivity index (χ1n) is 5.55. The number of carbonyl (C=O) groups is 2. The van der Waals surface area contributed by atoms with Gasteiger partial charge in [-0.2, -0.15) is 0 Å². The number of imide groups is 1. The summed E-state index contributed by atoms with van der Waals surface area (Å²) < 4.78 is 0. The van der Waals surface area contributed by atoms with E-state index in [2.05, 4.69) is 5.32 Å². The second-order valence-electron chi connectivity index (χ2n) is 4.05. The van der Waals surface area contributed by atoms with Crippen molar-refractivity contribution in [2.45, 2.75) is 23.6 Å². The van der Waals surface area contributed by atoms with Gasteiger partial charge in [-0.05, 0) is 31.7 Å². The lowest BCUT2D eigenvalue weighted by Gasteiger charge is -2.29. The van der Waals surface area contributed by atoms with Crippen molar-refractivity contribution in [2.24, 2.45) is 0 Å². The molecule has 2 amide bonds. The van der Waals surface area contributed by atoms with E-state index in [0.29, 0.717) is 12.2 Å².